The highest BCUT2D eigenvalue weighted by atomic mass is 35.5. The molecule has 2 N–H and O–H groups in total. The predicted molar refractivity (Wildman–Crippen MR) is 113 cm³/mol. The molecule has 2 aromatic rings. The van der Waals surface area contributed by atoms with Crippen molar-refractivity contribution in [2.24, 2.45) is 0 Å². The number of rotatable bonds is 1. The summed E-state index contributed by atoms with van der Waals surface area (Å²) in [7, 11) is 0. The lowest BCUT2D eigenvalue weighted by Crippen LogP contribution is -2.17. The average molecular weight is 384 g/mol. The molecular formula is C23H26ClNO2. The highest BCUT2D eigenvalue weighted by Crippen LogP contribution is 2.42. The number of halogens is 1. The molecule has 0 fully saturated rings. The molecule has 0 radical (unpaired) electrons. The molecule has 1 amide bonds. The van der Waals surface area contributed by atoms with E-state index in [1.165, 1.54) is 0 Å². The summed E-state index contributed by atoms with van der Waals surface area (Å²) in [4.78, 5) is 12.5. The van der Waals surface area contributed by atoms with Crippen LogP contribution in [0, 0.1) is 0 Å². The van der Waals surface area contributed by atoms with Crippen molar-refractivity contribution in [3.8, 4) is 5.75 Å². The van der Waals surface area contributed by atoms with E-state index >= 15 is 0 Å². The van der Waals surface area contributed by atoms with Crippen molar-refractivity contribution >= 4 is 34.8 Å². The normalized spacial score (nSPS) is 15.8. The topological polar surface area (TPSA) is 49.3 Å². The second-order valence-electron chi connectivity index (χ2n) is 9.14. The monoisotopic (exact) mass is 383 g/mol. The summed E-state index contributed by atoms with van der Waals surface area (Å²) in [6, 6.07) is 9.37. The quantitative estimate of drug-likeness (QED) is 0.581. The number of amides is 1. The van der Waals surface area contributed by atoms with Crippen LogP contribution in [0.5, 0.6) is 5.75 Å². The summed E-state index contributed by atoms with van der Waals surface area (Å²) in [5.41, 5.74) is 4.13. The van der Waals surface area contributed by atoms with Gasteiger partial charge in [-0.3, -0.25) is 4.79 Å². The number of hydrogen-bond acceptors (Lipinski definition) is 2. The number of hydrogen-bond donors (Lipinski definition) is 2. The van der Waals surface area contributed by atoms with Crippen molar-refractivity contribution < 1.29 is 9.90 Å². The van der Waals surface area contributed by atoms with Gasteiger partial charge in [-0.15, -0.1) is 0 Å². The third kappa shape index (κ3) is 3.61. The maximum atomic E-state index is 12.5. The van der Waals surface area contributed by atoms with E-state index in [1.807, 2.05) is 30.3 Å². The Balaban J connectivity index is 2.25. The van der Waals surface area contributed by atoms with E-state index in [2.05, 4.69) is 46.9 Å². The van der Waals surface area contributed by atoms with Crippen molar-refractivity contribution in [3.63, 3.8) is 0 Å². The number of carbonyl (C=O) groups is 1. The van der Waals surface area contributed by atoms with Crippen LogP contribution >= 0.6 is 11.6 Å². The number of fused-ring (bicyclic) bond motifs is 1. The van der Waals surface area contributed by atoms with Gasteiger partial charge in [0.2, 0.25) is 0 Å². The fourth-order valence-electron chi connectivity index (χ4n) is 3.39. The number of benzene rings is 2. The van der Waals surface area contributed by atoms with Crippen LogP contribution in [0.4, 0.5) is 5.69 Å². The van der Waals surface area contributed by atoms with Gasteiger partial charge in [0.25, 0.3) is 5.91 Å². The van der Waals surface area contributed by atoms with Gasteiger partial charge in [0, 0.05) is 16.7 Å². The van der Waals surface area contributed by atoms with Crippen LogP contribution in [-0.2, 0) is 15.6 Å². The smallest absolute Gasteiger partial charge is 0.256 e. The van der Waals surface area contributed by atoms with Crippen LogP contribution in [0.25, 0.3) is 11.6 Å². The molecule has 142 valence electrons. The molecule has 0 saturated heterocycles. The van der Waals surface area contributed by atoms with Gasteiger partial charge in [-0.25, -0.2) is 0 Å². The average Bonchev–Trinajstić information content (AvgIpc) is 2.83. The Morgan fingerprint density at radius 3 is 2.07 bits per heavy atom. The molecule has 2 aromatic carbocycles. The van der Waals surface area contributed by atoms with Crippen molar-refractivity contribution in [1.82, 2.24) is 0 Å². The first-order chi connectivity index (χ1) is 12.4. The van der Waals surface area contributed by atoms with E-state index in [1.54, 1.807) is 6.07 Å². The molecule has 0 saturated carbocycles. The van der Waals surface area contributed by atoms with Crippen LogP contribution in [-0.4, -0.2) is 11.0 Å². The Morgan fingerprint density at radius 1 is 1.00 bits per heavy atom. The van der Waals surface area contributed by atoms with Crippen molar-refractivity contribution in [3.05, 3.63) is 57.6 Å². The van der Waals surface area contributed by atoms with Crippen LogP contribution in [0.2, 0.25) is 5.02 Å². The lowest BCUT2D eigenvalue weighted by atomic mass is 9.78. The molecular weight excluding hydrogens is 358 g/mol. The second kappa shape index (κ2) is 6.42. The van der Waals surface area contributed by atoms with E-state index in [9.17, 15) is 9.90 Å². The van der Waals surface area contributed by atoms with Crippen LogP contribution < -0.4 is 5.32 Å². The zero-order valence-electron chi connectivity index (χ0n) is 16.7. The number of anilines is 1. The zero-order valence-corrected chi connectivity index (χ0v) is 17.5. The van der Waals surface area contributed by atoms with E-state index in [-0.39, 0.29) is 16.7 Å². The molecule has 0 atom stereocenters. The fraction of sp³-hybridized carbons (Fsp3) is 0.348. The number of phenols is 1. The van der Waals surface area contributed by atoms with Gasteiger partial charge < -0.3 is 10.4 Å². The number of carbonyl (C=O) groups excluding carboxylic acids is 1. The molecule has 4 heteroatoms. The van der Waals surface area contributed by atoms with Gasteiger partial charge in [-0.05, 0) is 46.7 Å². The molecule has 3 nitrogen and oxygen atoms in total. The molecule has 1 aliphatic heterocycles. The van der Waals surface area contributed by atoms with Crippen molar-refractivity contribution in [1.29, 1.82) is 0 Å². The molecule has 3 rings (SSSR count). The number of phenolic OH excluding ortho intramolecular Hbond substituents is 1. The summed E-state index contributed by atoms with van der Waals surface area (Å²) in [5.74, 6) is 0.159. The highest BCUT2D eigenvalue weighted by Gasteiger charge is 2.29. The number of nitrogens with one attached hydrogen (secondary N) is 1. The first-order valence-corrected chi connectivity index (χ1v) is 9.47. The molecule has 0 bridgehead atoms. The molecule has 27 heavy (non-hydrogen) atoms. The van der Waals surface area contributed by atoms with Gasteiger partial charge in [0.15, 0.2) is 0 Å². The Kier molecular flexibility index (Phi) is 4.63. The van der Waals surface area contributed by atoms with Crippen LogP contribution in [0.15, 0.2) is 30.3 Å². The summed E-state index contributed by atoms with van der Waals surface area (Å²) in [5, 5.41) is 14.3. The Labute approximate surface area is 166 Å². The minimum Gasteiger partial charge on any atom is -0.507 e. The molecule has 0 spiro atoms. The van der Waals surface area contributed by atoms with Gasteiger partial charge in [0.05, 0.1) is 16.3 Å². The van der Waals surface area contributed by atoms with Gasteiger partial charge in [-0.2, -0.15) is 0 Å². The predicted octanol–water partition coefficient (Wildman–Crippen LogP) is 6.13. The highest BCUT2D eigenvalue weighted by molar-refractivity contribution is 6.41. The van der Waals surface area contributed by atoms with E-state index in [4.69, 9.17) is 11.6 Å². The lowest BCUT2D eigenvalue weighted by molar-refractivity contribution is -0.110. The summed E-state index contributed by atoms with van der Waals surface area (Å²) in [6.45, 7) is 12.4. The SMILES string of the molecule is CC(C)(C)c1cc(/C=C2/C(=O)Nc3cccc(Cl)c32)cc(C(C)(C)C)c1O. The minimum absolute atomic E-state index is 0.166. The van der Waals surface area contributed by atoms with Gasteiger partial charge in [-0.1, -0.05) is 59.2 Å². The first-order valence-electron chi connectivity index (χ1n) is 9.09. The number of aromatic hydroxyl groups is 1. The van der Waals surface area contributed by atoms with E-state index in [0.717, 1.165) is 27.9 Å². The fourth-order valence-corrected chi connectivity index (χ4v) is 3.67. The Bertz CT molecular complexity index is 924. The maximum absolute atomic E-state index is 12.5. The molecule has 1 aliphatic rings. The first kappa shape index (κ1) is 19.5. The molecule has 1 heterocycles. The third-order valence-corrected chi connectivity index (χ3v) is 5.15. The van der Waals surface area contributed by atoms with Gasteiger partial charge >= 0.3 is 0 Å². The van der Waals surface area contributed by atoms with Crippen LogP contribution in [0.1, 0.15) is 63.8 Å². The Morgan fingerprint density at radius 2 is 1.56 bits per heavy atom. The summed E-state index contributed by atoms with van der Waals surface area (Å²) in [6.07, 6.45) is 1.86. The summed E-state index contributed by atoms with van der Waals surface area (Å²) < 4.78 is 0. The molecule has 0 aliphatic carbocycles. The third-order valence-electron chi connectivity index (χ3n) is 4.84. The van der Waals surface area contributed by atoms with Crippen molar-refractivity contribution in [2.75, 3.05) is 5.32 Å². The van der Waals surface area contributed by atoms with Crippen molar-refractivity contribution in [2.45, 2.75) is 52.4 Å². The largest absolute Gasteiger partial charge is 0.507 e. The maximum Gasteiger partial charge on any atom is 0.256 e. The standard InChI is InChI=1S/C23H26ClNO2/c1-22(2,3)15-11-13(12-16(20(15)26)23(4,5)6)10-14-19-17(24)8-7-9-18(19)25-21(14)27/h7-12,26H,1-6H3,(H,25,27)/b14-10+. The lowest BCUT2D eigenvalue weighted by Gasteiger charge is -2.28. The van der Waals surface area contributed by atoms with E-state index < -0.39 is 0 Å². The van der Waals surface area contributed by atoms with Gasteiger partial charge in [0.1, 0.15) is 5.75 Å². The Hall–Kier alpha value is -2.26. The molecule has 0 aromatic heterocycles. The zero-order chi connectivity index (χ0) is 20.1. The van der Waals surface area contributed by atoms with E-state index in [0.29, 0.717) is 16.3 Å². The second-order valence-corrected chi connectivity index (χ2v) is 9.55. The molecule has 0 unspecified atom stereocenters. The summed E-state index contributed by atoms with van der Waals surface area (Å²) >= 11 is 6.36. The van der Waals surface area contributed by atoms with Crippen LogP contribution in [0.3, 0.4) is 0 Å². The minimum atomic E-state index is -0.230.